The number of pyridine rings is 1. The van der Waals surface area contributed by atoms with Gasteiger partial charge in [0.25, 0.3) is 0 Å². The number of hydrogen-bond acceptors (Lipinski definition) is 2. The highest BCUT2D eigenvalue weighted by atomic mass is 35.5. The summed E-state index contributed by atoms with van der Waals surface area (Å²) in [6.45, 7) is 0. The van der Waals surface area contributed by atoms with Crippen LogP contribution in [0.15, 0.2) is 42.6 Å². The molecule has 5 heteroatoms. The van der Waals surface area contributed by atoms with E-state index in [1.54, 1.807) is 6.07 Å². The van der Waals surface area contributed by atoms with Crippen molar-refractivity contribution in [3.05, 3.63) is 64.0 Å². The van der Waals surface area contributed by atoms with Crippen LogP contribution < -0.4 is 0 Å². The Morgan fingerprint density at radius 3 is 2.45 bits per heavy atom. The van der Waals surface area contributed by atoms with Crippen LogP contribution in [0.1, 0.15) is 15.9 Å². The molecule has 0 unspecified atom stereocenters. The van der Waals surface area contributed by atoms with Crippen molar-refractivity contribution in [1.82, 2.24) is 9.55 Å². The number of fused-ring (bicyclic) bond motifs is 1. The molecule has 0 atom stereocenters. The van der Waals surface area contributed by atoms with Gasteiger partial charge in [0.15, 0.2) is 5.78 Å². The molecule has 3 rings (SSSR count). The van der Waals surface area contributed by atoms with Gasteiger partial charge < -0.3 is 4.57 Å². The summed E-state index contributed by atoms with van der Waals surface area (Å²) in [6, 6.07) is 10.6. The van der Waals surface area contributed by atoms with Crippen molar-refractivity contribution in [2.75, 3.05) is 0 Å². The summed E-state index contributed by atoms with van der Waals surface area (Å²) in [7, 11) is 1.96. The molecule has 0 amide bonds. The highest BCUT2D eigenvalue weighted by Gasteiger charge is 2.12. The molecule has 0 aliphatic heterocycles. The van der Waals surface area contributed by atoms with Crippen LogP contribution in [0.5, 0.6) is 0 Å². The number of aryl methyl sites for hydroxylation is 1. The molecule has 0 N–H and O–H groups in total. The lowest BCUT2D eigenvalue weighted by atomic mass is 10.0. The summed E-state index contributed by atoms with van der Waals surface area (Å²) >= 11 is 11.7. The number of rotatable bonds is 2. The third-order valence-electron chi connectivity index (χ3n) is 3.17. The first-order valence-corrected chi connectivity index (χ1v) is 6.73. The maximum atomic E-state index is 12.4. The number of benzene rings is 1. The molecule has 1 aromatic carbocycles. The lowest BCUT2D eigenvalue weighted by molar-refractivity contribution is 0.103. The lowest BCUT2D eigenvalue weighted by Gasteiger charge is -2.04. The standard InChI is InChI=1S/C15H10Cl2N2O/c1-19-5-4-9-6-10(2-3-12(9)19)15(20)11-7-13(16)18-14(17)8-11/h2-8H,1H3. The number of nitrogens with zero attached hydrogens (tertiary/aromatic N) is 2. The molecular formula is C15H10Cl2N2O. The Labute approximate surface area is 125 Å². The molecule has 2 aromatic heterocycles. The van der Waals surface area contributed by atoms with E-state index in [0.29, 0.717) is 11.1 Å². The van der Waals surface area contributed by atoms with Crippen LogP contribution in [0.2, 0.25) is 10.3 Å². The summed E-state index contributed by atoms with van der Waals surface area (Å²) in [5.74, 6) is -0.123. The minimum Gasteiger partial charge on any atom is -0.351 e. The molecule has 0 fully saturated rings. The molecule has 0 spiro atoms. The van der Waals surface area contributed by atoms with Crippen molar-refractivity contribution in [1.29, 1.82) is 0 Å². The van der Waals surface area contributed by atoms with Gasteiger partial charge in [-0.2, -0.15) is 0 Å². The number of aromatic nitrogens is 2. The molecule has 0 radical (unpaired) electrons. The topological polar surface area (TPSA) is 34.9 Å². The Balaban J connectivity index is 2.07. The maximum absolute atomic E-state index is 12.4. The number of carbonyl (C=O) groups excluding carboxylic acids is 1. The third kappa shape index (κ3) is 2.30. The predicted molar refractivity (Wildman–Crippen MR) is 80.6 cm³/mol. The van der Waals surface area contributed by atoms with Gasteiger partial charge in [-0.3, -0.25) is 4.79 Å². The SMILES string of the molecule is Cn1ccc2cc(C(=O)c3cc(Cl)nc(Cl)c3)ccc21. The fraction of sp³-hybridized carbons (Fsp3) is 0.0667. The third-order valence-corrected chi connectivity index (χ3v) is 3.56. The Kier molecular flexibility index (Phi) is 3.24. The van der Waals surface area contributed by atoms with Gasteiger partial charge >= 0.3 is 0 Å². The van der Waals surface area contributed by atoms with Gasteiger partial charge in [0.05, 0.1) is 0 Å². The van der Waals surface area contributed by atoms with Crippen LogP contribution in [-0.4, -0.2) is 15.3 Å². The van der Waals surface area contributed by atoms with Crippen molar-refractivity contribution >= 4 is 39.9 Å². The van der Waals surface area contributed by atoms with Gasteiger partial charge in [-0.05, 0) is 36.4 Å². The van der Waals surface area contributed by atoms with Crippen LogP contribution in [0.25, 0.3) is 10.9 Å². The Morgan fingerprint density at radius 1 is 1.05 bits per heavy atom. The van der Waals surface area contributed by atoms with Gasteiger partial charge in [-0.1, -0.05) is 23.2 Å². The second kappa shape index (κ2) is 4.93. The van der Waals surface area contributed by atoms with Crippen LogP contribution in [0.4, 0.5) is 0 Å². The number of halogens is 2. The maximum Gasteiger partial charge on any atom is 0.193 e. The van der Waals surface area contributed by atoms with Crippen molar-refractivity contribution in [2.24, 2.45) is 7.05 Å². The summed E-state index contributed by atoms with van der Waals surface area (Å²) in [5.41, 5.74) is 2.11. The largest absolute Gasteiger partial charge is 0.351 e. The Morgan fingerprint density at radius 2 is 1.75 bits per heavy atom. The number of hydrogen-bond donors (Lipinski definition) is 0. The molecule has 0 aliphatic rings. The Hall–Kier alpha value is -1.84. The van der Waals surface area contributed by atoms with Crippen LogP contribution >= 0.6 is 23.2 Å². The van der Waals surface area contributed by atoms with Crippen molar-refractivity contribution in [3.63, 3.8) is 0 Å². The summed E-state index contributed by atoms with van der Waals surface area (Å²) < 4.78 is 2.00. The average molecular weight is 305 g/mol. The minimum absolute atomic E-state index is 0.123. The summed E-state index contributed by atoms with van der Waals surface area (Å²) in [4.78, 5) is 16.3. The van der Waals surface area contributed by atoms with Crippen molar-refractivity contribution < 1.29 is 4.79 Å². The minimum atomic E-state index is -0.123. The van der Waals surface area contributed by atoms with Gasteiger partial charge in [-0.25, -0.2) is 4.98 Å². The zero-order valence-electron chi connectivity index (χ0n) is 10.6. The number of ketones is 1. The first-order chi connectivity index (χ1) is 9.54. The fourth-order valence-corrected chi connectivity index (χ4v) is 2.65. The monoisotopic (exact) mass is 304 g/mol. The Bertz CT molecular complexity index is 804. The van der Waals surface area contributed by atoms with Crippen LogP contribution in [0, 0.1) is 0 Å². The molecule has 2 heterocycles. The molecule has 0 saturated heterocycles. The van der Waals surface area contributed by atoms with E-state index in [4.69, 9.17) is 23.2 Å². The number of carbonyl (C=O) groups is 1. The van der Waals surface area contributed by atoms with E-state index in [1.165, 1.54) is 12.1 Å². The van der Waals surface area contributed by atoms with Crippen LogP contribution in [0.3, 0.4) is 0 Å². The quantitative estimate of drug-likeness (QED) is 0.527. The lowest BCUT2D eigenvalue weighted by Crippen LogP contribution is -2.02. The van der Waals surface area contributed by atoms with E-state index >= 15 is 0 Å². The molecule has 3 aromatic rings. The van der Waals surface area contributed by atoms with E-state index in [1.807, 2.05) is 36.0 Å². The molecular weight excluding hydrogens is 295 g/mol. The zero-order valence-corrected chi connectivity index (χ0v) is 12.1. The van der Waals surface area contributed by atoms with Gasteiger partial charge in [0, 0.05) is 35.3 Å². The second-order valence-corrected chi connectivity index (χ2v) is 5.31. The van der Waals surface area contributed by atoms with Crippen molar-refractivity contribution in [2.45, 2.75) is 0 Å². The molecule has 3 nitrogen and oxygen atoms in total. The van der Waals surface area contributed by atoms with E-state index < -0.39 is 0 Å². The molecule has 100 valence electrons. The normalized spacial score (nSPS) is 10.9. The smallest absolute Gasteiger partial charge is 0.193 e. The zero-order chi connectivity index (χ0) is 14.3. The van der Waals surface area contributed by atoms with E-state index in [0.717, 1.165) is 10.9 Å². The molecule has 0 saturated carbocycles. The predicted octanol–water partition coefficient (Wildman–Crippen LogP) is 4.11. The molecule has 0 bridgehead atoms. The van der Waals surface area contributed by atoms with E-state index in [9.17, 15) is 4.79 Å². The molecule has 0 aliphatic carbocycles. The van der Waals surface area contributed by atoms with Gasteiger partial charge in [-0.15, -0.1) is 0 Å². The summed E-state index contributed by atoms with van der Waals surface area (Å²) in [6.07, 6.45) is 1.96. The van der Waals surface area contributed by atoms with Crippen molar-refractivity contribution in [3.8, 4) is 0 Å². The first kappa shape index (κ1) is 13.2. The van der Waals surface area contributed by atoms with E-state index in [2.05, 4.69) is 4.98 Å². The average Bonchev–Trinajstić information content (AvgIpc) is 2.78. The highest BCUT2D eigenvalue weighted by Crippen LogP contribution is 2.21. The van der Waals surface area contributed by atoms with Crippen LogP contribution in [-0.2, 0) is 7.05 Å². The van der Waals surface area contributed by atoms with Gasteiger partial charge in [0.1, 0.15) is 10.3 Å². The summed E-state index contributed by atoms with van der Waals surface area (Å²) in [5, 5.41) is 1.44. The first-order valence-electron chi connectivity index (χ1n) is 5.97. The van der Waals surface area contributed by atoms with E-state index in [-0.39, 0.29) is 16.1 Å². The fourth-order valence-electron chi connectivity index (χ4n) is 2.19. The van der Waals surface area contributed by atoms with Gasteiger partial charge in [0.2, 0.25) is 0 Å². The second-order valence-electron chi connectivity index (χ2n) is 4.53. The highest BCUT2D eigenvalue weighted by molar-refractivity contribution is 6.33. The molecule has 20 heavy (non-hydrogen) atoms.